The van der Waals surface area contributed by atoms with Crippen molar-refractivity contribution in [2.75, 3.05) is 19.7 Å². The molecular formula is C15H22N2O3. The van der Waals surface area contributed by atoms with E-state index in [0.29, 0.717) is 6.61 Å². The van der Waals surface area contributed by atoms with E-state index in [-0.39, 0.29) is 12.5 Å². The van der Waals surface area contributed by atoms with Gasteiger partial charge in [0.05, 0.1) is 19.1 Å². The van der Waals surface area contributed by atoms with Crippen LogP contribution in [-0.2, 0) is 16.1 Å². The Balaban J connectivity index is 1.72. The zero-order valence-corrected chi connectivity index (χ0v) is 11.9. The first kappa shape index (κ1) is 14.9. The monoisotopic (exact) mass is 278 g/mol. The van der Waals surface area contributed by atoms with Crippen LogP contribution < -0.4 is 0 Å². The van der Waals surface area contributed by atoms with E-state index in [1.165, 1.54) is 11.1 Å². The Labute approximate surface area is 119 Å². The molecule has 5 heteroatoms. The molecule has 0 spiro atoms. The lowest BCUT2D eigenvalue weighted by molar-refractivity contribution is -0.138. The number of piperidine rings is 1. The van der Waals surface area contributed by atoms with Crippen LogP contribution in [0.3, 0.4) is 0 Å². The van der Waals surface area contributed by atoms with Crippen LogP contribution in [-0.4, -0.2) is 46.8 Å². The molecule has 0 unspecified atom stereocenters. The van der Waals surface area contributed by atoms with Crippen LogP contribution in [0.2, 0.25) is 0 Å². The van der Waals surface area contributed by atoms with Crippen molar-refractivity contribution in [1.82, 2.24) is 9.88 Å². The maximum atomic E-state index is 10.4. The fraction of sp³-hybridized carbons (Fsp3) is 0.600. The van der Waals surface area contributed by atoms with E-state index in [9.17, 15) is 4.79 Å². The summed E-state index contributed by atoms with van der Waals surface area (Å²) in [6, 6.07) is 2.04. The molecule has 0 saturated carbocycles. The van der Waals surface area contributed by atoms with Crippen LogP contribution >= 0.6 is 0 Å². The van der Waals surface area contributed by atoms with E-state index in [1.54, 1.807) is 0 Å². The van der Waals surface area contributed by atoms with E-state index in [2.05, 4.69) is 16.8 Å². The molecule has 1 saturated heterocycles. The van der Waals surface area contributed by atoms with Gasteiger partial charge >= 0.3 is 5.97 Å². The van der Waals surface area contributed by atoms with Crippen molar-refractivity contribution in [2.45, 2.75) is 38.8 Å². The molecule has 1 aliphatic rings. The van der Waals surface area contributed by atoms with Gasteiger partial charge in [0.25, 0.3) is 0 Å². The van der Waals surface area contributed by atoms with E-state index in [4.69, 9.17) is 9.84 Å². The van der Waals surface area contributed by atoms with Crippen molar-refractivity contribution in [3.63, 3.8) is 0 Å². The zero-order chi connectivity index (χ0) is 14.4. The minimum atomic E-state index is -0.797. The summed E-state index contributed by atoms with van der Waals surface area (Å²) in [5, 5.41) is 8.58. The van der Waals surface area contributed by atoms with Crippen molar-refractivity contribution < 1.29 is 14.6 Å². The largest absolute Gasteiger partial charge is 0.481 e. The number of ether oxygens (including phenoxy) is 1. The molecule has 5 nitrogen and oxygen atoms in total. The molecule has 0 amide bonds. The molecule has 1 N–H and O–H groups in total. The fourth-order valence-electron chi connectivity index (χ4n) is 2.45. The van der Waals surface area contributed by atoms with Gasteiger partial charge in [-0.15, -0.1) is 0 Å². The van der Waals surface area contributed by atoms with Gasteiger partial charge in [-0.1, -0.05) is 0 Å². The van der Waals surface area contributed by atoms with E-state index < -0.39 is 5.97 Å². The lowest BCUT2D eigenvalue weighted by Crippen LogP contribution is -2.37. The smallest absolute Gasteiger partial charge is 0.305 e. The third kappa shape index (κ3) is 4.58. The lowest BCUT2D eigenvalue weighted by atomic mass is 10.1. The van der Waals surface area contributed by atoms with Crippen LogP contribution in [0.15, 0.2) is 18.5 Å². The average Bonchev–Trinajstić information content (AvgIpc) is 2.43. The molecule has 0 aromatic carbocycles. The first-order valence-corrected chi connectivity index (χ1v) is 7.10. The summed E-state index contributed by atoms with van der Waals surface area (Å²) < 4.78 is 5.60. The molecule has 0 radical (unpaired) electrons. The number of pyridine rings is 1. The molecule has 2 rings (SSSR count). The van der Waals surface area contributed by atoms with Crippen molar-refractivity contribution in [3.8, 4) is 0 Å². The topological polar surface area (TPSA) is 62.7 Å². The Hall–Kier alpha value is -1.46. The highest BCUT2D eigenvalue weighted by Crippen LogP contribution is 2.17. The normalized spacial score (nSPS) is 17.2. The molecule has 0 atom stereocenters. The number of hydrogen-bond donors (Lipinski definition) is 1. The third-order valence-corrected chi connectivity index (χ3v) is 3.75. The number of aliphatic carboxylic acids is 1. The second-order valence-corrected chi connectivity index (χ2v) is 5.29. The number of hydrogen-bond acceptors (Lipinski definition) is 4. The Morgan fingerprint density at radius 1 is 1.50 bits per heavy atom. The molecule has 2 heterocycles. The number of carbonyl (C=O) groups is 1. The minimum Gasteiger partial charge on any atom is -0.481 e. The Bertz CT molecular complexity index is 442. The molecule has 1 fully saturated rings. The molecule has 0 aliphatic carbocycles. The van der Waals surface area contributed by atoms with E-state index >= 15 is 0 Å². The van der Waals surface area contributed by atoms with Crippen molar-refractivity contribution in [2.24, 2.45) is 0 Å². The number of rotatable bonds is 6. The second-order valence-electron chi connectivity index (χ2n) is 5.29. The number of aryl methyl sites for hydroxylation is 1. The summed E-state index contributed by atoms with van der Waals surface area (Å²) in [6.07, 6.45) is 6.00. The van der Waals surface area contributed by atoms with Crippen LogP contribution in [0, 0.1) is 6.92 Å². The van der Waals surface area contributed by atoms with Gasteiger partial charge in [-0.25, -0.2) is 0 Å². The second kappa shape index (κ2) is 7.36. The standard InChI is InChI=1S/C15H22N2O3/c1-12-2-6-16-10-13(12)11-17-7-3-14(4-8-17)20-9-5-15(18)19/h2,6,10,14H,3-5,7-9,11H2,1H3,(H,18,19). The zero-order valence-electron chi connectivity index (χ0n) is 11.9. The molecule has 1 aromatic heterocycles. The number of carboxylic acid groups (broad SMARTS) is 1. The van der Waals surface area contributed by atoms with Crippen molar-refractivity contribution >= 4 is 5.97 Å². The SMILES string of the molecule is Cc1ccncc1CN1CCC(OCCC(=O)O)CC1. The quantitative estimate of drug-likeness (QED) is 0.860. The fourth-order valence-corrected chi connectivity index (χ4v) is 2.45. The Kier molecular flexibility index (Phi) is 5.49. The van der Waals surface area contributed by atoms with Gasteiger partial charge in [0.1, 0.15) is 0 Å². The molecular weight excluding hydrogens is 256 g/mol. The van der Waals surface area contributed by atoms with Crippen molar-refractivity contribution in [1.29, 1.82) is 0 Å². The highest BCUT2D eigenvalue weighted by atomic mass is 16.5. The maximum Gasteiger partial charge on any atom is 0.305 e. The summed E-state index contributed by atoms with van der Waals surface area (Å²) in [6.45, 7) is 5.35. The van der Waals surface area contributed by atoms with Gasteiger partial charge in [-0.2, -0.15) is 0 Å². The molecule has 1 aliphatic heterocycles. The van der Waals surface area contributed by atoms with Gasteiger partial charge in [-0.05, 0) is 37.0 Å². The summed E-state index contributed by atoms with van der Waals surface area (Å²) >= 11 is 0. The number of nitrogens with zero attached hydrogens (tertiary/aromatic N) is 2. The maximum absolute atomic E-state index is 10.4. The van der Waals surface area contributed by atoms with E-state index in [0.717, 1.165) is 32.5 Å². The highest BCUT2D eigenvalue weighted by Gasteiger charge is 2.20. The molecule has 110 valence electrons. The summed E-state index contributed by atoms with van der Waals surface area (Å²) in [7, 11) is 0. The first-order chi connectivity index (χ1) is 9.65. The first-order valence-electron chi connectivity index (χ1n) is 7.10. The van der Waals surface area contributed by atoms with Crippen LogP contribution in [0.25, 0.3) is 0 Å². The average molecular weight is 278 g/mol. The lowest BCUT2D eigenvalue weighted by Gasteiger charge is -2.32. The Morgan fingerprint density at radius 2 is 2.25 bits per heavy atom. The van der Waals surface area contributed by atoms with Gasteiger partial charge in [0.15, 0.2) is 0 Å². The molecule has 1 aromatic rings. The van der Waals surface area contributed by atoms with E-state index in [1.807, 2.05) is 18.5 Å². The number of carboxylic acids is 1. The minimum absolute atomic E-state index is 0.0924. The molecule has 20 heavy (non-hydrogen) atoms. The van der Waals surface area contributed by atoms with Crippen LogP contribution in [0.5, 0.6) is 0 Å². The van der Waals surface area contributed by atoms with Gasteiger partial charge < -0.3 is 9.84 Å². The van der Waals surface area contributed by atoms with Gasteiger partial charge in [0.2, 0.25) is 0 Å². The predicted molar refractivity (Wildman–Crippen MR) is 75.5 cm³/mol. The predicted octanol–water partition coefficient (Wildman–Crippen LogP) is 1.85. The summed E-state index contributed by atoms with van der Waals surface area (Å²) in [4.78, 5) is 17.0. The van der Waals surface area contributed by atoms with Crippen LogP contribution in [0.4, 0.5) is 0 Å². The van der Waals surface area contributed by atoms with Gasteiger partial charge in [-0.3, -0.25) is 14.7 Å². The van der Waals surface area contributed by atoms with Crippen molar-refractivity contribution in [3.05, 3.63) is 29.6 Å². The highest BCUT2D eigenvalue weighted by molar-refractivity contribution is 5.66. The van der Waals surface area contributed by atoms with Gasteiger partial charge in [0, 0.05) is 32.0 Å². The summed E-state index contributed by atoms with van der Waals surface area (Å²) in [5.41, 5.74) is 2.55. The Morgan fingerprint density at radius 3 is 2.90 bits per heavy atom. The number of likely N-dealkylation sites (tertiary alicyclic amines) is 1. The number of aromatic nitrogens is 1. The third-order valence-electron chi connectivity index (χ3n) is 3.75. The van der Waals surface area contributed by atoms with Crippen LogP contribution in [0.1, 0.15) is 30.4 Å². The summed E-state index contributed by atoms with van der Waals surface area (Å²) in [5.74, 6) is -0.797. The molecule has 0 bridgehead atoms.